The van der Waals surface area contributed by atoms with Gasteiger partial charge in [-0.2, -0.15) is 0 Å². The lowest BCUT2D eigenvalue weighted by Crippen LogP contribution is -2.54. The zero-order chi connectivity index (χ0) is 23.5. The Labute approximate surface area is 193 Å². The van der Waals surface area contributed by atoms with E-state index < -0.39 is 17.8 Å². The third-order valence-corrected chi connectivity index (χ3v) is 6.19. The molecule has 1 aliphatic rings. The van der Waals surface area contributed by atoms with E-state index in [1.165, 1.54) is 0 Å². The molecule has 3 aromatic rings. The minimum atomic E-state index is -0.742. The molecule has 0 spiro atoms. The van der Waals surface area contributed by atoms with Crippen LogP contribution in [0.2, 0.25) is 0 Å². The number of benzene rings is 2. The standard InChI is InChI=1S/C27H27N3O3/c1-4-18(2)20-11-13-22(14-12-20)30-26(32)24(25(31)28-27(30)33)16-23-10-7-15-29(23)17-21-9-6-5-8-19(21)3/h5-16,18H,4,17H2,1-3H3,(H,28,31,33)/b24-16-/t18-/m1/s1. The van der Waals surface area contributed by atoms with Crippen LogP contribution < -0.4 is 10.2 Å². The monoisotopic (exact) mass is 441 g/mol. The Morgan fingerprint density at radius 2 is 1.70 bits per heavy atom. The van der Waals surface area contributed by atoms with Gasteiger partial charge < -0.3 is 4.57 Å². The summed E-state index contributed by atoms with van der Waals surface area (Å²) in [4.78, 5) is 39.3. The first-order chi connectivity index (χ1) is 15.9. The van der Waals surface area contributed by atoms with Gasteiger partial charge in [0.05, 0.1) is 5.69 Å². The molecule has 4 rings (SSSR count). The Bertz CT molecular complexity index is 1240. The zero-order valence-electron chi connectivity index (χ0n) is 19.0. The van der Waals surface area contributed by atoms with Gasteiger partial charge in [-0.15, -0.1) is 0 Å². The maximum absolute atomic E-state index is 13.2. The second-order valence-electron chi connectivity index (χ2n) is 8.35. The molecule has 6 heteroatoms. The van der Waals surface area contributed by atoms with Gasteiger partial charge in [0.1, 0.15) is 5.57 Å². The number of aryl methyl sites for hydroxylation is 1. The van der Waals surface area contributed by atoms with Crippen molar-refractivity contribution in [3.8, 4) is 0 Å². The second-order valence-corrected chi connectivity index (χ2v) is 8.35. The molecule has 0 saturated carbocycles. The SMILES string of the molecule is CC[C@@H](C)c1ccc(N2C(=O)NC(=O)/C(=C/c3cccn3Cc3ccccc3C)C2=O)cc1. The molecule has 1 fully saturated rings. The first-order valence-electron chi connectivity index (χ1n) is 11.1. The summed E-state index contributed by atoms with van der Waals surface area (Å²) in [5.41, 5.74) is 4.49. The highest BCUT2D eigenvalue weighted by Gasteiger charge is 2.37. The molecular weight excluding hydrogens is 414 g/mol. The van der Waals surface area contributed by atoms with Crippen LogP contribution in [0.3, 0.4) is 0 Å². The average Bonchev–Trinajstić information content (AvgIpc) is 3.24. The molecule has 0 aliphatic carbocycles. The predicted octanol–water partition coefficient (Wildman–Crippen LogP) is 5.02. The Balaban J connectivity index is 1.64. The molecule has 0 unspecified atom stereocenters. The van der Waals surface area contributed by atoms with E-state index in [0.717, 1.165) is 28.0 Å². The first-order valence-corrected chi connectivity index (χ1v) is 11.1. The summed E-state index contributed by atoms with van der Waals surface area (Å²) in [6.07, 6.45) is 4.44. The highest BCUT2D eigenvalue weighted by Crippen LogP contribution is 2.26. The maximum atomic E-state index is 13.2. The van der Waals surface area contributed by atoms with E-state index in [1.54, 1.807) is 18.2 Å². The van der Waals surface area contributed by atoms with Gasteiger partial charge in [0.25, 0.3) is 11.8 Å². The lowest BCUT2D eigenvalue weighted by atomic mass is 9.98. The lowest BCUT2D eigenvalue weighted by molar-refractivity contribution is -0.122. The van der Waals surface area contributed by atoms with Crippen molar-refractivity contribution in [3.05, 3.63) is 94.8 Å². The Kier molecular flexibility index (Phi) is 6.27. The number of nitrogens with one attached hydrogen (secondary N) is 1. The van der Waals surface area contributed by atoms with E-state index in [9.17, 15) is 14.4 Å². The molecule has 1 aromatic heterocycles. The molecule has 33 heavy (non-hydrogen) atoms. The van der Waals surface area contributed by atoms with Crippen molar-refractivity contribution in [2.45, 2.75) is 39.7 Å². The van der Waals surface area contributed by atoms with E-state index >= 15 is 0 Å². The molecule has 1 N–H and O–H groups in total. The van der Waals surface area contributed by atoms with E-state index in [0.29, 0.717) is 23.8 Å². The van der Waals surface area contributed by atoms with Crippen LogP contribution in [0.5, 0.6) is 0 Å². The maximum Gasteiger partial charge on any atom is 0.335 e. The fourth-order valence-electron chi connectivity index (χ4n) is 3.90. The largest absolute Gasteiger partial charge is 0.344 e. The summed E-state index contributed by atoms with van der Waals surface area (Å²) in [6, 6.07) is 18.4. The van der Waals surface area contributed by atoms with Crippen LogP contribution in [0.15, 0.2) is 72.4 Å². The number of barbiturate groups is 1. The van der Waals surface area contributed by atoms with E-state index in [4.69, 9.17) is 0 Å². The normalized spacial score (nSPS) is 16.3. The van der Waals surface area contributed by atoms with Gasteiger partial charge in [-0.3, -0.25) is 14.9 Å². The molecule has 2 heterocycles. The van der Waals surface area contributed by atoms with Gasteiger partial charge in [-0.1, -0.05) is 50.2 Å². The molecule has 2 aromatic carbocycles. The molecule has 0 radical (unpaired) electrons. The number of hydrogen-bond acceptors (Lipinski definition) is 3. The number of carbonyl (C=O) groups is 3. The number of imide groups is 2. The molecule has 4 amide bonds. The molecule has 1 saturated heterocycles. The minimum absolute atomic E-state index is 0.0784. The van der Waals surface area contributed by atoms with Crippen molar-refractivity contribution in [1.82, 2.24) is 9.88 Å². The van der Waals surface area contributed by atoms with E-state index in [1.807, 2.05) is 66.2 Å². The third-order valence-electron chi connectivity index (χ3n) is 6.19. The molecule has 6 nitrogen and oxygen atoms in total. The Morgan fingerprint density at radius 1 is 0.970 bits per heavy atom. The van der Waals surface area contributed by atoms with Gasteiger partial charge in [0.2, 0.25) is 0 Å². The number of aromatic nitrogens is 1. The fraction of sp³-hybridized carbons (Fsp3) is 0.222. The number of nitrogens with zero attached hydrogens (tertiary/aromatic N) is 2. The summed E-state index contributed by atoms with van der Waals surface area (Å²) in [7, 11) is 0. The van der Waals surface area contributed by atoms with Crippen molar-refractivity contribution in [1.29, 1.82) is 0 Å². The highest BCUT2D eigenvalue weighted by atomic mass is 16.2. The number of rotatable bonds is 6. The summed E-state index contributed by atoms with van der Waals surface area (Å²) < 4.78 is 1.97. The van der Waals surface area contributed by atoms with Crippen LogP contribution in [-0.2, 0) is 16.1 Å². The van der Waals surface area contributed by atoms with Gasteiger partial charge in [0.15, 0.2) is 0 Å². The molecule has 1 aliphatic heterocycles. The zero-order valence-corrected chi connectivity index (χ0v) is 19.0. The van der Waals surface area contributed by atoms with Crippen LogP contribution in [0.4, 0.5) is 10.5 Å². The van der Waals surface area contributed by atoms with Gasteiger partial charge in [0, 0.05) is 18.4 Å². The van der Waals surface area contributed by atoms with Gasteiger partial charge in [-0.25, -0.2) is 9.69 Å². The molecular formula is C27H27N3O3. The van der Waals surface area contributed by atoms with Crippen molar-refractivity contribution >= 4 is 29.6 Å². The van der Waals surface area contributed by atoms with E-state index in [2.05, 4.69) is 19.2 Å². The summed E-state index contributed by atoms with van der Waals surface area (Å²) in [5.74, 6) is -0.951. The van der Waals surface area contributed by atoms with Gasteiger partial charge >= 0.3 is 6.03 Å². The van der Waals surface area contributed by atoms with Crippen molar-refractivity contribution in [2.75, 3.05) is 4.90 Å². The van der Waals surface area contributed by atoms with Crippen LogP contribution >= 0.6 is 0 Å². The topological polar surface area (TPSA) is 71.4 Å². The predicted molar refractivity (Wildman–Crippen MR) is 129 cm³/mol. The van der Waals surface area contributed by atoms with Crippen molar-refractivity contribution in [3.63, 3.8) is 0 Å². The number of hydrogen-bond donors (Lipinski definition) is 1. The third kappa shape index (κ3) is 4.51. The smallest absolute Gasteiger partial charge is 0.335 e. The Morgan fingerprint density at radius 3 is 2.39 bits per heavy atom. The van der Waals surface area contributed by atoms with Gasteiger partial charge in [-0.05, 0) is 66.3 Å². The highest BCUT2D eigenvalue weighted by molar-refractivity contribution is 6.39. The van der Waals surface area contributed by atoms with Crippen LogP contribution in [0, 0.1) is 6.92 Å². The van der Waals surface area contributed by atoms with E-state index in [-0.39, 0.29) is 5.57 Å². The van der Waals surface area contributed by atoms with Crippen LogP contribution in [0.25, 0.3) is 6.08 Å². The second kappa shape index (κ2) is 9.28. The Hall–Kier alpha value is -3.93. The number of anilines is 1. The molecule has 168 valence electrons. The number of urea groups is 1. The molecule has 0 bridgehead atoms. The fourth-order valence-corrected chi connectivity index (χ4v) is 3.90. The number of carbonyl (C=O) groups excluding carboxylic acids is 3. The van der Waals surface area contributed by atoms with Crippen molar-refractivity contribution < 1.29 is 14.4 Å². The van der Waals surface area contributed by atoms with Crippen LogP contribution in [0.1, 0.15) is 48.6 Å². The lowest BCUT2D eigenvalue weighted by Gasteiger charge is -2.26. The summed E-state index contributed by atoms with van der Waals surface area (Å²) in [6.45, 7) is 6.89. The quantitative estimate of drug-likeness (QED) is 0.431. The minimum Gasteiger partial charge on any atom is -0.344 e. The van der Waals surface area contributed by atoms with Crippen LogP contribution in [-0.4, -0.2) is 22.4 Å². The average molecular weight is 442 g/mol. The molecule has 1 atom stereocenters. The number of amides is 4. The summed E-state index contributed by atoms with van der Waals surface area (Å²) >= 11 is 0. The first kappa shape index (κ1) is 22.3. The summed E-state index contributed by atoms with van der Waals surface area (Å²) in [5, 5.41) is 2.30. The van der Waals surface area contributed by atoms with Crippen molar-refractivity contribution in [2.24, 2.45) is 0 Å².